The minimum absolute atomic E-state index is 0.390. The molecule has 6 nitrogen and oxygen atoms in total. The zero-order chi connectivity index (χ0) is 16.7. The van der Waals surface area contributed by atoms with Crippen LogP contribution in [0, 0.1) is 11.3 Å². The molecule has 2 N–H and O–H groups in total. The van der Waals surface area contributed by atoms with Crippen molar-refractivity contribution in [3.8, 4) is 6.07 Å². The Kier molecular flexibility index (Phi) is 3.75. The smallest absolute Gasteiger partial charge is 0.141 e. The van der Waals surface area contributed by atoms with Gasteiger partial charge in [-0.05, 0) is 19.0 Å². The summed E-state index contributed by atoms with van der Waals surface area (Å²) in [6.45, 7) is 4.94. The maximum Gasteiger partial charge on any atom is 0.141 e. The highest BCUT2D eigenvalue weighted by Crippen LogP contribution is 2.39. The van der Waals surface area contributed by atoms with Gasteiger partial charge in [-0.25, -0.2) is 9.97 Å². The summed E-state index contributed by atoms with van der Waals surface area (Å²) in [5.41, 5.74) is 3.01. The number of H-pyrrole nitrogens is 1. The third-order valence-electron chi connectivity index (χ3n) is 4.55. The van der Waals surface area contributed by atoms with Crippen molar-refractivity contribution in [2.24, 2.45) is 0 Å². The molecular weight excluding hydrogens is 324 g/mol. The lowest BCUT2D eigenvalue weighted by atomic mass is 10.1. The van der Waals surface area contributed by atoms with Crippen molar-refractivity contribution in [2.75, 3.05) is 24.5 Å². The monoisotopic (exact) mass is 340 g/mol. The first-order valence-corrected chi connectivity index (χ1v) is 8.43. The number of nitrogens with zero attached hydrogens (tertiary/aromatic N) is 4. The van der Waals surface area contributed by atoms with Crippen LogP contribution >= 0.6 is 11.6 Å². The van der Waals surface area contributed by atoms with E-state index in [1.54, 1.807) is 18.5 Å². The normalized spacial score (nSPS) is 17.7. The predicted molar refractivity (Wildman–Crippen MR) is 95.4 cm³/mol. The molecule has 1 unspecified atom stereocenters. The number of nitriles is 1. The van der Waals surface area contributed by atoms with Gasteiger partial charge in [-0.3, -0.25) is 0 Å². The lowest BCUT2D eigenvalue weighted by Crippen LogP contribution is -2.32. The number of aromatic amines is 1. The molecule has 0 saturated carbocycles. The number of hydrogen-bond donors (Lipinski definition) is 2. The van der Waals surface area contributed by atoms with Gasteiger partial charge in [0.1, 0.15) is 17.4 Å². The van der Waals surface area contributed by atoms with Crippen molar-refractivity contribution in [2.45, 2.75) is 19.4 Å². The number of fused-ring (bicyclic) bond motifs is 3. The van der Waals surface area contributed by atoms with Gasteiger partial charge in [0.05, 0.1) is 34.0 Å². The SMILES string of the molecule is CCNC1CCN(c2c(Cl)cnc3[nH]c4cnc(C#N)cc4c23)C1. The van der Waals surface area contributed by atoms with Crippen LogP contribution in [0.3, 0.4) is 0 Å². The van der Waals surface area contributed by atoms with E-state index in [4.69, 9.17) is 16.9 Å². The van der Waals surface area contributed by atoms with E-state index in [0.717, 1.165) is 53.7 Å². The summed E-state index contributed by atoms with van der Waals surface area (Å²) >= 11 is 6.52. The van der Waals surface area contributed by atoms with Gasteiger partial charge >= 0.3 is 0 Å². The third kappa shape index (κ3) is 2.37. The Morgan fingerprint density at radius 3 is 3.12 bits per heavy atom. The van der Waals surface area contributed by atoms with Gasteiger partial charge in [-0.1, -0.05) is 18.5 Å². The summed E-state index contributed by atoms with van der Waals surface area (Å²) in [6, 6.07) is 4.37. The van der Waals surface area contributed by atoms with Gasteiger partial charge in [0.25, 0.3) is 0 Å². The maximum atomic E-state index is 9.15. The number of halogens is 1. The van der Waals surface area contributed by atoms with Gasteiger partial charge in [0, 0.05) is 24.5 Å². The van der Waals surface area contributed by atoms with Crippen LogP contribution in [0.25, 0.3) is 21.9 Å². The summed E-state index contributed by atoms with van der Waals surface area (Å²) in [6.07, 6.45) is 4.45. The quantitative estimate of drug-likeness (QED) is 0.766. The summed E-state index contributed by atoms with van der Waals surface area (Å²) in [5, 5.41) is 15.2. The van der Waals surface area contributed by atoms with Crippen LogP contribution in [0.15, 0.2) is 18.5 Å². The Labute approximate surface area is 144 Å². The zero-order valence-corrected chi connectivity index (χ0v) is 14.1. The fourth-order valence-corrected chi connectivity index (χ4v) is 3.77. The van der Waals surface area contributed by atoms with E-state index in [-0.39, 0.29) is 0 Å². The van der Waals surface area contributed by atoms with Crippen LogP contribution < -0.4 is 10.2 Å². The summed E-state index contributed by atoms with van der Waals surface area (Å²) in [7, 11) is 0. The first-order valence-electron chi connectivity index (χ1n) is 8.05. The van der Waals surface area contributed by atoms with E-state index < -0.39 is 0 Å². The molecule has 1 aliphatic heterocycles. The Balaban J connectivity index is 1.91. The highest BCUT2D eigenvalue weighted by Gasteiger charge is 2.26. The summed E-state index contributed by atoms with van der Waals surface area (Å²) < 4.78 is 0. The molecular formula is C17H17ClN6. The lowest BCUT2D eigenvalue weighted by Gasteiger charge is -2.21. The van der Waals surface area contributed by atoms with Crippen molar-refractivity contribution < 1.29 is 0 Å². The summed E-state index contributed by atoms with van der Waals surface area (Å²) in [5.74, 6) is 0. The largest absolute Gasteiger partial charge is 0.368 e. The highest BCUT2D eigenvalue weighted by molar-refractivity contribution is 6.35. The molecule has 3 aromatic rings. The van der Waals surface area contributed by atoms with E-state index in [1.807, 2.05) is 0 Å². The molecule has 4 rings (SSSR count). The van der Waals surface area contributed by atoms with Gasteiger partial charge in [0.15, 0.2) is 0 Å². The maximum absolute atomic E-state index is 9.15. The van der Waals surface area contributed by atoms with Crippen LogP contribution in [-0.4, -0.2) is 40.6 Å². The number of nitrogens with one attached hydrogen (secondary N) is 2. The van der Waals surface area contributed by atoms with E-state index in [9.17, 15) is 0 Å². The highest BCUT2D eigenvalue weighted by atomic mass is 35.5. The molecule has 1 fully saturated rings. The molecule has 0 radical (unpaired) electrons. The van der Waals surface area contributed by atoms with Crippen LogP contribution in [0.4, 0.5) is 5.69 Å². The predicted octanol–water partition coefficient (Wildman–Crippen LogP) is 2.82. The topological polar surface area (TPSA) is 80.6 Å². The Bertz CT molecular complexity index is 957. The third-order valence-corrected chi connectivity index (χ3v) is 4.82. The zero-order valence-electron chi connectivity index (χ0n) is 13.3. The second-order valence-corrected chi connectivity index (χ2v) is 6.43. The Hall–Kier alpha value is -2.36. The van der Waals surface area contributed by atoms with Gasteiger partial charge in [-0.2, -0.15) is 5.26 Å². The number of rotatable bonds is 3. The average molecular weight is 341 g/mol. The second kappa shape index (κ2) is 5.93. The molecule has 0 bridgehead atoms. The average Bonchev–Trinajstić information content (AvgIpc) is 3.19. The first kappa shape index (κ1) is 15.2. The molecule has 1 aliphatic rings. The summed E-state index contributed by atoms with van der Waals surface area (Å²) in [4.78, 5) is 14.1. The molecule has 0 aromatic carbocycles. The molecule has 0 spiro atoms. The molecule has 4 heterocycles. The molecule has 24 heavy (non-hydrogen) atoms. The number of pyridine rings is 2. The van der Waals surface area contributed by atoms with E-state index >= 15 is 0 Å². The standard InChI is InChI=1S/C17H17ClN6/c1-2-20-10-3-4-24(9-10)16-13(18)7-22-17-15(16)12-5-11(6-19)21-8-14(12)23-17/h5,7-8,10,20H,2-4,9H2,1H3,(H,22,23). The fraction of sp³-hybridized carbons (Fsp3) is 0.353. The Morgan fingerprint density at radius 2 is 2.33 bits per heavy atom. The number of anilines is 1. The second-order valence-electron chi connectivity index (χ2n) is 6.02. The molecule has 122 valence electrons. The fourth-order valence-electron chi connectivity index (χ4n) is 3.51. The van der Waals surface area contributed by atoms with Crippen LogP contribution in [0.2, 0.25) is 5.02 Å². The van der Waals surface area contributed by atoms with Gasteiger partial charge in [0.2, 0.25) is 0 Å². The van der Waals surface area contributed by atoms with Crippen LogP contribution in [0.5, 0.6) is 0 Å². The van der Waals surface area contributed by atoms with E-state index in [0.29, 0.717) is 16.8 Å². The molecule has 1 atom stereocenters. The number of aromatic nitrogens is 3. The first-order chi connectivity index (χ1) is 11.7. The minimum atomic E-state index is 0.390. The van der Waals surface area contributed by atoms with Crippen LogP contribution in [0.1, 0.15) is 19.0 Å². The van der Waals surface area contributed by atoms with Crippen molar-refractivity contribution in [1.29, 1.82) is 5.26 Å². The van der Waals surface area contributed by atoms with Crippen molar-refractivity contribution in [3.05, 3.63) is 29.2 Å². The molecule has 3 aromatic heterocycles. The van der Waals surface area contributed by atoms with Gasteiger partial charge < -0.3 is 15.2 Å². The van der Waals surface area contributed by atoms with E-state index in [2.05, 4.69) is 38.2 Å². The number of likely N-dealkylation sites (N-methyl/N-ethyl adjacent to an activating group) is 1. The van der Waals surface area contributed by atoms with E-state index in [1.165, 1.54) is 0 Å². The van der Waals surface area contributed by atoms with Crippen molar-refractivity contribution in [3.63, 3.8) is 0 Å². The molecule has 0 amide bonds. The Morgan fingerprint density at radius 1 is 1.46 bits per heavy atom. The van der Waals surface area contributed by atoms with Gasteiger partial charge in [-0.15, -0.1) is 0 Å². The molecule has 7 heteroatoms. The lowest BCUT2D eigenvalue weighted by molar-refractivity contribution is 0.572. The number of hydrogen-bond acceptors (Lipinski definition) is 5. The minimum Gasteiger partial charge on any atom is -0.368 e. The molecule has 1 saturated heterocycles. The van der Waals surface area contributed by atoms with Crippen molar-refractivity contribution >= 4 is 39.2 Å². The van der Waals surface area contributed by atoms with Crippen molar-refractivity contribution in [1.82, 2.24) is 20.3 Å². The molecule has 0 aliphatic carbocycles. The van der Waals surface area contributed by atoms with Crippen LogP contribution in [-0.2, 0) is 0 Å².